The summed E-state index contributed by atoms with van der Waals surface area (Å²) in [5.41, 5.74) is 10.4. The molecule has 2 aliphatic heterocycles. The van der Waals surface area contributed by atoms with Crippen LogP contribution in [-0.2, 0) is 13.0 Å². The van der Waals surface area contributed by atoms with E-state index in [9.17, 15) is 0 Å². The second-order valence-electron chi connectivity index (χ2n) is 14.6. The van der Waals surface area contributed by atoms with Crippen molar-refractivity contribution in [3.8, 4) is 22.6 Å². The van der Waals surface area contributed by atoms with Crippen molar-refractivity contribution in [2.24, 2.45) is 0 Å². The number of aromatic nitrogens is 3. The molecule has 4 nitrogen and oxygen atoms in total. The number of hydrogen-bond donors (Lipinski definition) is 0. The molecule has 4 aromatic carbocycles. The molecule has 0 fully saturated rings. The van der Waals surface area contributed by atoms with E-state index >= 15 is 4.39 Å². The van der Waals surface area contributed by atoms with Gasteiger partial charge in [-0.05, 0) is 61.2 Å². The fourth-order valence-corrected chi connectivity index (χ4v) is 9.72. The van der Waals surface area contributed by atoms with Crippen molar-refractivity contribution in [1.29, 1.82) is 0 Å². The minimum absolute atomic E-state index is 0.157. The molecule has 48 heavy (non-hydrogen) atoms. The predicted octanol–water partition coefficient (Wildman–Crippen LogP) is 9.30. The molecule has 7 aromatic rings. The summed E-state index contributed by atoms with van der Waals surface area (Å²) < 4.78 is 30.4. The van der Waals surface area contributed by atoms with E-state index in [0.29, 0.717) is 16.6 Å². The molecule has 9 rings (SSSR count). The Morgan fingerprint density at radius 1 is 0.958 bits per heavy atom. The van der Waals surface area contributed by atoms with Crippen molar-refractivity contribution in [2.75, 3.05) is 0 Å². The van der Waals surface area contributed by atoms with Crippen LogP contribution in [-0.4, -0.2) is 12.6 Å². The SMILES string of the molecule is C=C1CC2C(CCc3cc(F)c4c(oc5ccccc54)c3-c3n(CC)c4ccccc4[n+]31)c1ccccc1-c1ccc([Si](C)(C)C)c[n+]12. The van der Waals surface area contributed by atoms with Gasteiger partial charge in [-0.3, -0.25) is 0 Å². The molecule has 3 aromatic heterocycles. The number of hydrogen-bond acceptors (Lipinski definition) is 1. The molecule has 0 amide bonds. The standard InChI is InChI=1S/C42H40FN3OSi/c1-6-44-35-16-10-11-17-36(35)46-26(2)23-37-31(29-13-7-8-14-30(29)34-22-20-28(25-45(34)37)48(3,4)5)21-19-27-24-33(43)40-32-15-9-12-18-38(32)47-41(40)39(27)42(44)46/h7-18,20,22,24-25,31,37H,2,6,19,21,23H2,1,3-5H3/q+2. The summed E-state index contributed by atoms with van der Waals surface area (Å²) in [6.45, 7) is 15.1. The Morgan fingerprint density at radius 3 is 2.56 bits per heavy atom. The van der Waals surface area contributed by atoms with Crippen molar-refractivity contribution in [3.63, 3.8) is 0 Å². The van der Waals surface area contributed by atoms with Gasteiger partial charge in [0.25, 0.3) is 5.82 Å². The average molecular weight is 650 g/mol. The van der Waals surface area contributed by atoms with Gasteiger partial charge in [-0.25, -0.2) is 8.96 Å². The van der Waals surface area contributed by atoms with Crippen LogP contribution in [0.4, 0.5) is 4.39 Å². The van der Waals surface area contributed by atoms with Gasteiger partial charge in [0.2, 0.25) is 5.69 Å². The lowest BCUT2D eigenvalue weighted by molar-refractivity contribution is -0.719. The third-order valence-corrected chi connectivity index (χ3v) is 12.9. The number of benzene rings is 4. The monoisotopic (exact) mass is 649 g/mol. The summed E-state index contributed by atoms with van der Waals surface area (Å²) in [5.74, 6) is 1.00. The van der Waals surface area contributed by atoms with Gasteiger partial charge in [0.1, 0.15) is 22.7 Å². The maximum absolute atomic E-state index is 16.4. The molecule has 2 unspecified atom stereocenters. The molecule has 238 valence electrons. The minimum Gasteiger partial charge on any atom is -0.455 e. The zero-order valence-corrected chi connectivity index (χ0v) is 29.1. The molecule has 0 saturated heterocycles. The van der Waals surface area contributed by atoms with E-state index in [4.69, 9.17) is 11.0 Å². The third-order valence-electron chi connectivity index (χ3n) is 10.9. The Morgan fingerprint density at radius 2 is 1.73 bits per heavy atom. The van der Waals surface area contributed by atoms with Crippen molar-refractivity contribution < 1.29 is 17.9 Å². The lowest BCUT2D eigenvalue weighted by atomic mass is 9.77. The molecule has 6 heteroatoms. The number of fused-ring (bicyclic) bond motifs is 15. The summed E-state index contributed by atoms with van der Waals surface area (Å²) in [5, 5.41) is 2.81. The van der Waals surface area contributed by atoms with Gasteiger partial charge >= 0.3 is 0 Å². The Hall–Kier alpha value is -4.81. The van der Waals surface area contributed by atoms with Gasteiger partial charge in [-0.1, -0.05) is 80.8 Å². The van der Waals surface area contributed by atoms with Crippen LogP contribution in [0.5, 0.6) is 0 Å². The van der Waals surface area contributed by atoms with Crippen LogP contribution in [0.25, 0.3) is 61.3 Å². The van der Waals surface area contributed by atoms with Crippen LogP contribution >= 0.6 is 0 Å². The minimum atomic E-state index is -1.59. The summed E-state index contributed by atoms with van der Waals surface area (Å²) >= 11 is 0. The number of pyridine rings is 1. The van der Waals surface area contributed by atoms with E-state index in [1.165, 1.54) is 22.0 Å². The number of nitrogens with zero attached hydrogens (tertiary/aromatic N) is 3. The number of furan rings is 1. The molecule has 0 aliphatic carbocycles. The smallest absolute Gasteiger partial charge is 0.298 e. The molecule has 0 spiro atoms. The Bertz CT molecular complexity index is 2460. The fraction of sp³-hybridized carbons (Fsp3) is 0.238. The fourth-order valence-electron chi connectivity index (χ4n) is 8.61. The molecule has 5 heterocycles. The first-order chi connectivity index (χ1) is 23.2. The Balaban J connectivity index is 1.37. The van der Waals surface area contributed by atoms with Gasteiger partial charge in [0, 0.05) is 28.1 Å². The summed E-state index contributed by atoms with van der Waals surface area (Å²) in [7, 11) is -1.59. The van der Waals surface area contributed by atoms with Crippen LogP contribution in [0.2, 0.25) is 19.6 Å². The van der Waals surface area contributed by atoms with Gasteiger partial charge < -0.3 is 4.42 Å². The van der Waals surface area contributed by atoms with Gasteiger partial charge in [0.05, 0.1) is 26.4 Å². The third kappa shape index (κ3) is 4.18. The van der Waals surface area contributed by atoms with Gasteiger partial charge in [-0.2, -0.15) is 9.13 Å². The van der Waals surface area contributed by atoms with E-state index in [2.05, 4.69) is 107 Å². The topological polar surface area (TPSA) is 25.8 Å². The number of rotatable bonds is 2. The van der Waals surface area contributed by atoms with Crippen molar-refractivity contribution in [2.45, 2.75) is 64.3 Å². The highest BCUT2D eigenvalue weighted by Gasteiger charge is 2.44. The van der Waals surface area contributed by atoms with Crippen LogP contribution in [0.1, 0.15) is 42.9 Å². The second-order valence-corrected chi connectivity index (χ2v) is 19.7. The summed E-state index contributed by atoms with van der Waals surface area (Å²) in [6, 6.07) is 31.9. The maximum Gasteiger partial charge on any atom is 0.298 e. The highest BCUT2D eigenvalue weighted by molar-refractivity contribution is 6.88. The average Bonchev–Trinajstić information content (AvgIpc) is 3.63. The number of halogens is 1. The summed E-state index contributed by atoms with van der Waals surface area (Å²) in [6.07, 6.45) is 4.82. The van der Waals surface area contributed by atoms with E-state index < -0.39 is 8.07 Å². The molecule has 0 radical (unpaired) electrons. The van der Waals surface area contributed by atoms with Gasteiger partial charge in [-0.15, -0.1) is 0 Å². The molecular weight excluding hydrogens is 610 g/mol. The highest BCUT2D eigenvalue weighted by atomic mass is 28.3. The number of para-hydroxylation sites is 3. The van der Waals surface area contributed by atoms with E-state index in [1.54, 1.807) is 6.07 Å². The first kappa shape index (κ1) is 29.3. The Kier molecular flexibility index (Phi) is 6.47. The van der Waals surface area contributed by atoms with Crippen LogP contribution in [0, 0.1) is 5.82 Å². The zero-order chi connectivity index (χ0) is 32.9. The molecule has 0 N–H and O–H groups in total. The van der Waals surface area contributed by atoms with Crippen LogP contribution in [0.3, 0.4) is 0 Å². The van der Waals surface area contributed by atoms with Crippen molar-refractivity contribution in [3.05, 3.63) is 121 Å². The van der Waals surface area contributed by atoms with Crippen LogP contribution in [0.15, 0.2) is 108 Å². The molecule has 0 saturated carbocycles. The second kappa shape index (κ2) is 10.6. The number of aryl methyl sites for hydroxylation is 2. The van der Waals surface area contributed by atoms with Crippen molar-refractivity contribution in [1.82, 2.24) is 4.57 Å². The van der Waals surface area contributed by atoms with E-state index in [0.717, 1.165) is 64.9 Å². The first-order valence-electron chi connectivity index (χ1n) is 17.2. The quantitative estimate of drug-likeness (QED) is 0.135. The maximum atomic E-state index is 16.4. The predicted molar refractivity (Wildman–Crippen MR) is 196 cm³/mol. The molecular formula is C42H40FN3OSi+2. The summed E-state index contributed by atoms with van der Waals surface area (Å²) in [4.78, 5) is 0. The lowest BCUT2D eigenvalue weighted by Gasteiger charge is -2.32. The molecule has 2 atom stereocenters. The van der Waals surface area contributed by atoms with E-state index in [-0.39, 0.29) is 17.8 Å². The van der Waals surface area contributed by atoms with E-state index in [1.807, 2.05) is 24.3 Å². The first-order valence-corrected chi connectivity index (χ1v) is 20.7. The van der Waals surface area contributed by atoms with Gasteiger partial charge in [0.15, 0.2) is 28.9 Å². The number of imidazole rings is 1. The lowest BCUT2D eigenvalue weighted by Crippen LogP contribution is -2.53. The zero-order valence-electron chi connectivity index (χ0n) is 28.1. The highest BCUT2D eigenvalue weighted by Crippen LogP contribution is 2.46. The molecule has 0 bridgehead atoms. The Labute approximate surface area is 281 Å². The normalized spacial score (nSPS) is 17.6. The van der Waals surface area contributed by atoms with Crippen molar-refractivity contribution >= 4 is 51.9 Å². The largest absolute Gasteiger partial charge is 0.455 e. The van der Waals surface area contributed by atoms with Crippen LogP contribution < -0.4 is 14.3 Å². The number of allylic oxidation sites excluding steroid dienone is 1. The molecule has 2 aliphatic rings.